The SMILES string of the molecule is Cc1cccc(-n2nc(C(C)(C)C)cc2OC(=O)c2cccc(C(F)(F)F)c2)c1. The Bertz CT molecular complexity index is 1050. The van der Waals surface area contributed by atoms with Gasteiger partial charge in [-0.05, 0) is 42.8 Å². The molecule has 0 amide bonds. The standard InChI is InChI=1S/C22H21F3N2O2/c1-14-7-5-10-17(11-14)27-19(13-18(26-27)21(2,3)4)29-20(28)15-8-6-9-16(12-15)22(23,24)25/h5-13H,1-4H3. The Morgan fingerprint density at radius 2 is 1.69 bits per heavy atom. The third kappa shape index (κ3) is 4.67. The molecular weight excluding hydrogens is 381 g/mol. The molecule has 0 aliphatic rings. The van der Waals surface area contributed by atoms with Crippen LogP contribution in [0.3, 0.4) is 0 Å². The first-order chi connectivity index (χ1) is 13.4. The molecule has 0 saturated carbocycles. The fourth-order valence-corrected chi connectivity index (χ4v) is 2.72. The third-order valence-corrected chi connectivity index (χ3v) is 4.31. The molecule has 1 heterocycles. The van der Waals surface area contributed by atoms with Crippen LogP contribution < -0.4 is 4.74 Å². The molecule has 152 valence electrons. The van der Waals surface area contributed by atoms with E-state index in [-0.39, 0.29) is 16.9 Å². The predicted molar refractivity (Wildman–Crippen MR) is 103 cm³/mol. The molecule has 3 rings (SSSR count). The minimum Gasteiger partial charge on any atom is -0.404 e. The Morgan fingerprint density at radius 1 is 1.00 bits per heavy atom. The molecule has 0 unspecified atom stereocenters. The number of esters is 1. The van der Waals surface area contributed by atoms with Crippen LogP contribution in [0.2, 0.25) is 0 Å². The van der Waals surface area contributed by atoms with Crippen LogP contribution in [-0.4, -0.2) is 15.7 Å². The molecular formula is C22H21F3N2O2. The first kappa shape index (κ1) is 20.6. The van der Waals surface area contributed by atoms with Gasteiger partial charge in [0.25, 0.3) is 0 Å². The molecule has 2 aromatic carbocycles. The molecule has 0 bridgehead atoms. The molecule has 0 N–H and O–H groups in total. The van der Waals surface area contributed by atoms with Gasteiger partial charge in [-0.15, -0.1) is 0 Å². The van der Waals surface area contributed by atoms with Crippen LogP contribution in [0.1, 0.15) is 48.0 Å². The molecule has 4 nitrogen and oxygen atoms in total. The molecule has 3 aromatic rings. The van der Waals surface area contributed by atoms with Crippen molar-refractivity contribution >= 4 is 5.97 Å². The van der Waals surface area contributed by atoms with Crippen molar-refractivity contribution in [1.82, 2.24) is 9.78 Å². The number of aromatic nitrogens is 2. The van der Waals surface area contributed by atoms with Crippen molar-refractivity contribution in [3.63, 3.8) is 0 Å². The first-order valence-corrected chi connectivity index (χ1v) is 9.02. The lowest BCUT2D eigenvalue weighted by molar-refractivity contribution is -0.137. The van der Waals surface area contributed by atoms with Gasteiger partial charge in [-0.3, -0.25) is 0 Å². The van der Waals surface area contributed by atoms with Crippen LogP contribution in [0.5, 0.6) is 5.88 Å². The van der Waals surface area contributed by atoms with Gasteiger partial charge in [-0.25, -0.2) is 9.48 Å². The molecule has 1 aromatic heterocycles. The quantitative estimate of drug-likeness (QED) is 0.527. The Morgan fingerprint density at radius 3 is 2.31 bits per heavy atom. The molecule has 29 heavy (non-hydrogen) atoms. The van der Waals surface area contributed by atoms with Crippen LogP contribution >= 0.6 is 0 Å². The molecule has 0 atom stereocenters. The maximum Gasteiger partial charge on any atom is 0.416 e. The molecule has 0 aliphatic carbocycles. The van der Waals surface area contributed by atoms with Crippen molar-refractivity contribution in [2.75, 3.05) is 0 Å². The van der Waals surface area contributed by atoms with Crippen LogP contribution in [0, 0.1) is 6.92 Å². The van der Waals surface area contributed by atoms with Gasteiger partial charge < -0.3 is 4.74 Å². The zero-order chi connectivity index (χ0) is 21.4. The van der Waals surface area contributed by atoms with E-state index >= 15 is 0 Å². The van der Waals surface area contributed by atoms with Gasteiger partial charge in [0, 0.05) is 11.5 Å². The number of carbonyl (C=O) groups excluding carboxylic acids is 1. The highest BCUT2D eigenvalue weighted by Crippen LogP contribution is 2.31. The van der Waals surface area contributed by atoms with E-state index in [2.05, 4.69) is 5.10 Å². The molecule has 0 aliphatic heterocycles. The minimum atomic E-state index is -4.54. The molecule has 0 radical (unpaired) electrons. The zero-order valence-corrected chi connectivity index (χ0v) is 16.5. The maximum absolute atomic E-state index is 12.9. The smallest absolute Gasteiger partial charge is 0.404 e. The normalized spacial score (nSPS) is 12.1. The number of carbonyl (C=O) groups is 1. The van der Waals surface area contributed by atoms with Crippen molar-refractivity contribution in [3.05, 3.63) is 77.0 Å². The van der Waals surface area contributed by atoms with Crippen molar-refractivity contribution in [3.8, 4) is 11.6 Å². The highest BCUT2D eigenvalue weighted by atomic mass is 19.4. The fraction of sp³-hybridized carbons (Fsp3) is 0.273. The number of alkyl halides is 3. The maximum atomic E-state index is 12.9. The second kappa shape index (κ2) is 7.39. The number of halogens is 3. The van der Waals surface area contributed by atoms with Gasteiger partial charge in [-0.2, -0.15) is 18.3 Å². The number of benzene rings is 2. The number of aryl methyl sites for hydroxylation is 1. The second-order valence-corrected chi connectivity index (χ2v) is 7.84. The van der Waals surface area contributed by atoms with Crippen molar-refractivity contribution in [2.45, 2.75) is 39.3 Å². The van der Waals surface area contributed by atoms with Gasteiger partial charge in [-0.1, -0.05) is 39.0 Å². The van der Waals surface area contributed by atoms with Gasteiger partial charge in [0.15, 0.2) is 0 Å². The second-order valence-electron chi connectivity index (χ2n) is 7.84. The van der Waals surface area contributed by atoms with E-state index in [1.807, 2.05) is 52.0 Å². The van der Waals surface area contributed by atoms with E-state index in [0.717, 1.165) is 17.7 Å². The monoisotopic (exact) mass is 402 g/mol. The van der Waals surface area contributed by atoms with E-state index in [9.17, 15) is 18.0 Å². The summed E-state index contributed by atoms with van der Waals surface area (Å²) in [5.74, 6) is -0.742. The Labute approximate surface area is 166 Å². The average Bonchev–Trinajstić information content (AvgIpc) is 3.05. The van der Waals surface area contributed by atoms with Gasteiger partial charge in [0.2, 0.25) is 5.88 Å². The number of nitrogens with zero attached hydrogens (tertiary/aromatic N) is 2. The van der Waals surface area contributed by atoms with Crippen molar-refractivity contribution in [2.24, 2.45) is 0 Å². The number of rotatable bonds is 3. The van der Waals surface area contributed by atoms with Gasteiger partial charge in [0.05, 0.1) is 22.5 Å². The first-order valence-electron chi connectivity index (χ1n) is 9.02. The summed E-state index contributed by atoms with van der Waals surface area (Å²) >= 11 is 0. The topological polar surface area (TPSA) is 44.1 Å². The lowest BCUT2D eigenvalue weighted by Gasteiger charge is -2.14. The summed E-state index contributed by atoms with van der Waals surface area (Å²) in [6.45, 7) is 7.82. The molecule has 0 spiro atoms. The lowest BCUT2D eigenvalue weighted by atomic mass is 9.93. The van der Waals surface area contributed by atoms with Crippen LogP contribution in [0.25, 0.3) is 5.69 Å². The predicted octanol–water partition coefficient (Wildman–Crippen LogP) is 5.72. The Balaban J connectivity index is 2.00. The minimum absolute atomic E-state index is 0.142. The number of hydrogen-bond acceptors (Lipinski definition) is 3. The fourth-order valence-electron chi connectivity index (χ4n) is 2.72. The molecule has 0 saturated heterocycles. The summed E-state index contributed by atoms with van der Waals surface area (Å²) in [7, 11) is 0. The van der Waals surface area contributed by atoms with Gasteiger partial charge in [0.1, 0.15) is 0 Å². The highest BCUT2D eigenvalue weighted by Gasteiger charge is 2.31. The summed E-state index contributed by atoms with van der Waals surface area (Å²) in [4.78, 5) is 12.6. The van der Waals surface area contributed by atoms with E-state index in [1.165, 1.54) is 16.8 Å². The molecule has 7 heteroatoms. The number of hydrogen-bond donors (Lipinski definition) is 0. The average molecular weight is 402 g/mol. The van der Waals surface area contributed by atoms with E-state index < -0.39 is 17.7 Å². The summed E-state index contributed by atoms with van der Waals surface area (Å²) < 4.78 is 45.8. The summed E-state index contributed by atoms with van der Waals surface area (Å²) in [6, 6.07) is 13.2. The van der Waals surface area contributed by atoms with Crippen LogP contribution in [0.4, 0.5) is 13.2 Å². The summed E-state index contributed by atoms with van der Waals surface area (Å²) in [5.41, 5.74) is 0.958. The summed E-state index contributed by atoms with van der Waals surface area (Å²) in [6.07, 6.45) is -4.54. The summed E-state index contributed by atoms with van der Waals surface area (Å²) in [5, 5.41) is 4.56. The van der Waals surface area contributed by atoms with Crippen LogP contribution in [-0.2, 0) is 11.6 Å². The van der Waals surface area contributed by atoms with Crippen molar-refractivity contribution in [1.29, 1.82) is 0 Å². The Kier molecular flexibility index (Phi) is 5.26. The highest BCUT2D eigenvalue weighted by molar-refractivity contribution is 5.91. The lowest BCUT2D eigenvalue weighted by Crippen LogP contribution is -2.14. The van der Waals surface area contributed by atoms with Crippen molar-refractivity contribution < 1.29 is 22.7 Å². The largest absolute Gasteiger partial charge is 0.416 e. The molecule has 0 fully saturated rings. The van der Waals surface area contributed by atoms with E-state index in [1.54, 1.807) is 6.07 Å². The number of ether oxygens (including phenoxy) is 1. The zero-order valence-electron chi connectivity index (χ0n) is 16.5. The van der Waals surface area contributed by atoms with E-state index in [4.69, 9.17) is 4.74 Å². The third-order valence-electron chi connectivity index (χ3n) is 4.31. The van der Waals surface area contributed by atoms with E-state index in [0.29, 0.717) is 11.4 Å². The van der Waals surface area contributed by atoms with Gasteiger partial charge >= 0.3 is 12.1 Å². The van der Waals surface area contributed by atoms with Crippen LogP contribution in [0.15, 0.2) is 54.6 Å². The Hall–Kier alpha value is -3.09.